The maximum absolute atomic E-state index is 13.3. The van der Waals surface area contributed by atoms with E-state index in [0.717, 1.165) is 27.0 Å². The number of ether oxygens (including phenoxy) is 1. The Bertz CT molecular complexity index is 1170. The highest BCUT2D eigenvalue weighted by atomic mass is 79.9. The molecule has 0 atom stereocenters. The summed E-state index contributed by atoms with van der Waals surface area (Å²) in [6, 6.07) is 31.4. The van der Waals surface area contributed by atoms with Crippen molar-refractivity contribution in [2.75, 3.05) is 6.54 Å². The van der Waals surface area contributed by atoms with Gasteiger partial charge in [-0.25, -0.2) is 0 Å². The molecule has 0 unspecified atom stereocenters. The third kappa shape index (κ3) is 6.77. The van der Waals surface area contributed by atoms with Crippen LogP contribution in [0.3, 0.4) is 0 Å². The molecule has 1 amide bonds. The van der Waals surface area contributed by atoms with E-state index >= 15 is 0 Å². The van der Waals surface area contributed by atoms with Gasteiger partial charge < -0.3 is 9.64 Å². The van der Waals surface area contributed by atoms with Gasteiger partial charge in [-0.05, 0) is 53.6 Å². The number of aromatic nitrogens is 1. The van der Waals surface area contributed by atoms with Gasteiger partial charge in [0.05, 0.1) is 0 Å². The molecule has 4 rings (SSSR count). The van der Waals surface area contributed by atoms with Crippen LogP contribution in [-0.2, 0) is 19.6 Å². The van der Waals surface area contributed by atoms with E-state index in [9.17, 15) is 4.79 Å². The molecule has 1 aromatic heterocycles. The topological polar surface area (TPSA) is 42.4 Å². The number of hydrogen-bond donors (Lipinski definition) is 0. The molecule has 0 aliphatic rings. The number of halogens is 1. The average molecular weight is 501 g/mol. The predicted octanol–water partition coefficient (Wildman–Crippen LogP) is 6.31. The maximum atomic E-state index is 13.3. The number of benzene rings is 3. The first-order chi connectivity index (χ1) is 16.2. The zero-order chi connectivity index (χ0) is 22.9. The standard InChI is InChI=1S/C28H25BrN2O2/c29-25-10-6-9-24(19-25)28(32)31(18-16-26-11-4-5-17-30-26)20-22-12-14-27(15-13-22)33-21-23-7-2-1-3-8-23/h1-15,17,19H,16,18,20-21H2. The van der Waals surface area contributed by atoms with E-state index in [-0.39, 0.29) is 5.91 Å². The monoisotopic (exact) mass is 500 g/mol. The molecule has 5 heteroatoms. The Labute approximate surface area is 203 Å². The van der Waals surface area contributed by atoms with Crippen molar-refractivity contribution in [1.29, 1.82) is 0 Å². The summed E-state index contributed by atoms with van der Waals surface area (Å²) in [5.74, 6) is 0.803. The van der Waals surface area contributed by atoms with Gasteiger partial charge in [-0.15, -0.1) is 0 Å². The predicted molar refractivity (Wildman–Crippen MR) is 134 cm³/mol. The second kappa shape index (κ2) is 11.4. The summed E-state index contributed by atoms with van der Waals surface area (Å²) >= 11 is 3.47. The highest BCUT2D eigenvalue weighted by molar-refractivity contribution is 9.10. The number of hydrogen-bond acceptors (Lipinski definition) is 3. The van der Waals surface area contributed by atoms with Gasteiger partial charge in [0, 0.05) is 41.4 Å². The fourth-order valence-electron chi connectivity index (χ4n) is 3.50. The Morgan fingerprint density at radius 3 is 2.36 bits per heavy atom. The minimum atomic E-state index is -0.00312. The fourth-order valence-corrected chi connectivity index (χ4v) is 3.90. The molecule has 4 nitrogen and oxygen atoms in total. The number of amides is 1. The Balaban J connectivity index is 1.45. The normalized spacial score (nSPS) is 10.6. The molecule has 0 fully saturated rings. The molecule has 33 heavy (non-hydrogen) atoms. The second-order valence-electron chi connectivity index (χ2n) is 7.73. The molecule has 0 spiro atoms. The molecule has 0 saturated carbocycles. The van der Waals surface area contributed by atoms with Crippen LogP contribution in [0.5, 0.6) is 5.75 Å². The summed E-state index contributed by atoms with van der Waals surface area (Å²) in [4.78, 5) is 19.6. The van der Waals surface area contributed by atoms with Gasteiger partial charge in [-0.3, -0.25) is 9.78 Å². The minimum absolute atomic E-state index is 0.00312. The van der Waals surface area contributed by atoms with Crippen molar-refractivity contribution in [2.45, 2.75) is 19.6 Å². The van der Waals surface area contributed by atoms with Crippen LogP contribution >= 0.6 is 15.9 Å². The molecule has 0 saturated heterocycles. The molecule has 166 valence electrons. The summed E-state index contributed by atoms with van der Waals surface area (Å²) in [7, 11) is 0. The zero-order valence-corrected chi connectivity index (χ0v) is 19.8. The van der Waals surface area contributed by atoms with Gasteiger partial charge in [0.1, 0.15) is 12.4 Å². The largest absolute Gasteiger partial charge is 0.489 e. The third-order valence-corrected chi connectivity index (χ3v) is 5.76. The summed E-state index contributed by atoms with van der Waals surface area (Å²) in [6.07, 6.45) is 2.48. The fraction of sp³-hybridized carbons (Fsp3) is 0.143. The van der Waals surface area contributed by atoms with E-state index in [2.05, 4.69) is 20.9 Å². The molecule has 4 aromatic rings. The van der Waals surface area contributed by atoms with E-state index in [0.29, 0.717) is 31.7 Å². The Kier molecular flexibility index (Phi) is 7.88. The maximum Gasteiger partial charge on any atom is 0.254 e. The molecule has 0 radical (unpaired) electrons. The van der Waals surface area contributed by atoms with Crippen molar-refractivity contribution in [1.82, 2.24) is 9.88 Å². The van der Waals surface area contributed by atoms with Crippen LogP contribution < -0.4 is 4.74 Å². The molecule has 0 aliphatic carbocycles. The zero-order valence-electron chi connectivity index (χ0n) is 18.2. The summed E-state index contributed by atoms with van der Waals surface area (Å²) < 4.78 is 6.78. The minimum Gasteiger partial charge on any atom is -0.489 e. The Morgan fingerprint density at radius 1 is 0.848 bits per heavy atom. The first-order valence-electron chi connectivity index (χ1n) is 10.9. The molecule has 0 bridgehead atoms. The summed E-state index contributed by atoms with van der Waals surface area (Å²) in [5.41, 5.74) is 3.80. The first-order valence-corrected chi connectivity index (χ1v) is 11.7. The van der Waals surface area contributed by atoms with E-state index in [4.69, 9.17) is 4.74 Å². The molecular formula is C28H25BrN2O2. The van der Waals surface area contributed by atoms with Crippen LogP contribution in [0.25, 0.3) is 0 Å². The number of pyridine rings is 1. The molecular weight excluding hydrogens is 476 g/mol. The Hall–Kier alpha value is -3.44. The van der Waals surface area contributed by atoms with Crippen molar-refractivity contribution < 1.29 is 9.53 Å². The van der Waals surface area contributed by atoms with Gasteiger partial charge in [0.15, 0.2) is 0 Å². The van der Waals surface area contributed by atoms with E-state index in [1.807, 2.05) is 102 Å². The van der Waals surface area contributed by atoms with Crippen molar-refractivity contribution in [3.05, 3.63) is 130 Å². The first kappa shape index (κ1) is 22.7. The molecule has 0 aliphatic heterocycles. The lowest BCUT2D eigenvalue weighted by Crippen LogP contribution is -2.32. The van der Waals surface area contributed by atoms with Crippen LogP contribution in [0.4, 0.5) is 0 Å². The lowest BCUT2D eigenvalue weighted by atomic mass is 10.1. The van der Waals surface area contributed by atoms with Crippen LogP contribution in [0.15, 0.2) is 108 Å². The Morgan fingerprint density at radius 2 is 1.64 bits per heavy atom. The van der Waals surface area contributed by atoms with Crippen molar-refractivity contribution in [3.8, 4) is 5.75 Å². The molecule has 3 aromatic carbocycles. The number of carbonyl (C=O) groups is 1. The number of carbonyl (C=O) groups excluding carboxylic acids is 1. The van der Waals surface area contributed by atoms with Crippen molar-refractivity contribution in [3.63, 3.8) is 0 Å². The van der Waals surface area contributed by atoms with E-state index < -0.39 is 0 Å². The van der Waals surface area contributed by atoms with Gasteiger partial charge in [0.25, 0.3) is 5.91 Å². The SMILES string of the molecule is O=C(c1cccc(Br)c1)N(CCc1ccccn1)Cc1ccc(OCc2ccccc2)cc1. The smallest absolute Gasteiger partial charge is 0.254 e. The van der Waals surface area contributed by atoms with Gasteiger partial charge >= 0.3 is 0 Å². The average Bonchev–Trinajstić information content (AvgIpc) is 2.87. The second-order valence-corrected chi connectivity index (χ2v) is 8.64. The van der Waals surface area contributed by atoms with E-state index in [1.54, 1.807) is 6.20 Å². The van der Waals surface area contributed by atoms with Crippen LogP contribution in [0, 0.1) is 0 Å². The van der Waals surface area contributed by atoms with E-state index in [1.165, 1.54) is 0 Å². The van der Waals surface area contributed by atoms with Crippen LogP contribution in [-0.4, -0.2) is 22.3 Å². The van der Waals surface area contributed by atoms with Crippen LogP contribution in [0.1, 0.15) is 27.2 Å². The summed E-state index contributed by atoms with van der Waals surface area (Å²) in [6.45, 7) is 1.61. The number of rotatable bonds is 9. The lowest BCUT2D eigenvalue weighted by Gasteiger charge is -2.23. The van der Waals surface area contributed by atoms with Gasteiger partial charge in [-0.1, -0.05) is 70.5 Å². The third-order valence-electron chi connectivity index (χ3n) is 5.27. The quantitative estimate of drug-likeness (QED) is 0.270. The van der Waals surface area contributed by atoms with Gasteiger partial charge in [-0.2, -0.15) is 0 Å². The highest BCUT2D eigenvalue weighted by Gasteiger charge is 2.17. The molecule has 0 N–H and O–H groups in total. The summed E-state index contributed by atoms with van der Waals surface area (Å²) in [5, 5.41) is 0. The van der Waals surface area contributed by atoms with Gasteiger partial charge in [0.2, 0.25) is 0 Å². The number of nitrogens with zero attached hydrogens (tertiary/aromatic N) is 2. The highest BCUT2D eigenvalue weighted by Crippen LogP contribution is 2.18. The lowest BCUT2D eigenvalue weighted by molar-refractivity contribution is 0.0744. The molecule has 1 heterocycles. The van der Waals surface area contributed by atoms with Crippen molar-refractivity contribution in [2.24, 2.45) is 0 Å². The van der Waals surface area contributed by atoms with Crippen molar-refractivity contribution >= 4 is 21.8 Å². The van der Waals surface area contributed by atoms with Crippen LogP contribution in [0.2, 0.25) is 0 Å².